The van der Waals surface area contributed by atoms with Crippen molar-refractivity contribution in [2.45, 2.75) is 45.8 Å². The van der Waals surface area contributed by atoms with E-state index in [9.17, 15) is 19.8 Å². The second kappa shape index (κ2) is 10.3. The molecule has 7 nitrogen and oxygen atoms in total. The quantitative estimate of drug-likeness (QED) is 0.380. The molecule has 128 valence electrons. The third-order valence-corrected chi connectivity index (χ3v) is 3.15. The standard InChI is InChI=1S/C15H26O7/c1-4-15(2,3)7-11(16)8-21-9-12(17)10-22-14(20)6-5-13(18)19/h5-6,11-12,16-17H,4,7-10H2,1-3H3,(H,18,19)/b6-5+. The molecule has 2 unspecified atom stereocenters. The smallest absolute Gasteiger partial charge is 0.331 e. The van der Waals surface area contributed by atoms with E-state index in [4.69, 9.17) is 9.84 Å². The first-order valence-electron chi connectivity index (χ1n) is 7.18. The van der Waals surface area contributed by atoms with Crippen molar-refractivity contribution in [2.24, 2.45) is 5.41 Å². The zero-order valence-electron chi connectivity index (χ0n) is 13.3. The summed E-state index contributed by atoms with van der Waals surface area (Å²) < 4.78 is 9.80. The number of esters is 1. The summed E-state index contributed by atoms with van der Waals surface area (Å²) in [6, 6.07) is 0. The molecule has 0 rings (SSSR count). The molecule has 0 radical (unpaired) electrons. The highest BCUT2D eigenvalue weighted by molar-refractivity contribution is 5.90. The second-order valence-corrected chi connectivity index (χ2v) is 5.87. The summed E-state index contributed by atoms with van der Waals surface area (Å²) in [5.41, 5.74) is 0.0212. The normalized spacial score (nSPS) is 14.8. The third-order valence-electron chi connectivity index (χ3n) is 3.15. The highest BCUT2D eigenvalue weighted by Crippen LogP contribution is 2.26. The van der Waals surface area contributed by atoms with Crippen LogP contribution in [0.4, 0.5) is 0 Å². The van der Waals surface area contributed by atoms with Crippen LogP contribution in [-0.2, 0) is 19.1 Å². The predicted octanol–water partition coefficient (Wildman–Crippen LogP) is 0.735. The van der Waals surface area contributed by atoms with E-state index in [1.807, 2.05) is 6.92 Å². The molecule has 0 aromatic carbocycles. The second-order valence-electron chi connectivity index (χ2n) is 5.87. The topological polar surface area (TPSA) is 113 Å². The number of carboxylic acid groups (broad SMARTS) is 1. The van der Waals surface area contributed by atoms with Crippen LogP contribution in [-0.4, -0.2) is 59.3 Å². The molecule has 0 amide bonds. The van der Waals surface area contributed by atoms with Gasteiger partial charge in [-0.25, -0.2) is 9.59 Å². The van der Waals surface area contributed by atoms with Crippen LogP contribution in [0.3, 0.4) is 0 Å². The Balaban J connectivity index is 3.84. The Kier molecular flexibility index (Phi) is 9.64. The van der Waals surface area contributed by atoms with Crippen molar-refractivity contribution in [1.29, 1.82) is 0 Å². The van der Waals surface area contributed by atoms with Gasteiger partial charge in [0.25, 0.3) is 0 Å². The van der Waals surface area contributed by atoms with E-state index < -0.39 is 24.1 Å². The fourth-order valence-electron chi connectivity index (χ4n) is 1.60. The van der Waals surface area contributed by atoms with E-state index in [1.165, 1.54) is 0 Å². The summed E-state index contributed by atoms with van der Waals surface area (Å²) >= 11 is 0. The van der Waals surface area contributed by atoms with Gasteiger partial charge in [0.2, 0.25) is 0 Å². The van der Waals surface area contributed by atoms with Crippen molar-refractivity contribution in [2.75, 3.05) is 19.8 Å². The molecule has 0 aromatic heterocycles. The van der Waals surface area contributed by atoms with Gasteiger partial charge in [-0.1, -0.05) is 27.2 Å². The number of hydrogen-bond acceptors (Lipinski definition) is 6. The molecule has 0 heterocycles. The van der Waals surface area contributed by atoms with Crippen LogP contribution < -0.4 is 0 Å². The summed E-state index contributed by atoms with van der Waals surface area (Å²) in [5.74, 6) is -2.11. The maximum atomic E-state index is 11.1. The SMILES string of the molecule is CCC(C)(C)CC(O)COCC(O)COC(=O)/C=C/C(=O)O. The van der Waals surface area contributed by atoms with Crippen LogP contribution in [0.25, 0.3) is 0 Å². The summed E-state index contributed by atoms with van der Waals surface area (Å²) in [5, 5.41) is 27.7. The lowest BCUT2D eigenvalue weighted by Crippen LogP contribution is -2.28. The summed E-state index contributed by atoms with van der Waals surface area (Å²) in [7, 11) is 0. The molecule has 0 aliphatic rings. The Morgan fingerprint density at radius 3 is 2.23 bits per heavy atom. The zero-order valence-corrected chi connectivity index (χ0v) is 13.3. The van der Waals surface area contributed by atoms with E-state index in [1.54, 1.807) is 0 Å². The van der Waals surface area contributed by atoms with Crippen molar-refractivity contribution < 1.29 is 34.4 Å². The molecule has 3 N–H and O–H groups in total. The Morgan fingerprint density at radius 2 is 1.68 bits per heavy atom. The zero-order chi connectivity index (χ0) is 17.2. The lowest BCUT2D eigenvalue weighted by molar-refractivity contribution is -0.142. The predicted molar refractivity (Wildman–Crippen MR) is 79.3 cm³/mol. The van der Waals surface area contributed by atoms with Crippen molar-refractivity contribution in [1.82, 2.24) is 0 Å². The molecule has 0 fully saturated rings. The highest BCUT2D eigenvalue weighted by Gasteiger charge is 2.20. The Hall–Kier alpha value is -1.44. The molecule has 2 atom stereocenters. The molecule has 7 heteroatoms. The van der Waals surface area contributed by atoms with Gasteiger partial charge in [-0.3, -0.25) is 0 Å². The van der Waals surface area contributed by atoms with Gasteiger partial charge in [0.1, 0.15) is 12.7 Å². The van der Waals surface area contributed by atoms with Crippen LogP contribution in [0.5, 0.6) is 0 Å². The molecule has 0 saturated carbocycles. The first-order valence-corrected chi connectivity index (χ1v) is 7.18. The van der Waals surface area contributed by atoms with Crippen LogP contribution >= 0.6 is 0 Å². The van der Waals surface area contributed by atoms with Crippen LogP contribution in [0.2, 0.25) is 0 Å². The Bertz CT molecular complexity index is 376. The van der Waals surface area contributed by atoms with Crippen LogP contribution in [0, 0.1) is 5.41 Å². The fraction of sp³-hybridized carbons (Fsp3) is 0.733. The molecular weight excluding hydrogens is 292 g/mol. The molecule has 0 aromatic rings. The molecular formula is C15H26O7. The number of aliphatic hydroxyl groups excluding tert-OH is 2. The minimum Gasteiger partial charge on any atom is -0.478 e. The monoisotopic (exact) mass is 318 g/mol. The lowest BCUT2D eigenvalue weighted by atomic mass is 9.84. The summed E-state index contributed by atoms with van der Waals surface area (Å²) in [6.45, 7) is 5.85. The number of carboxylic acids is 1. The summed E-state index contributed by atoms with van der Waals surface area (Å²) in [4.78, 5) is 21.2. The number of carbonyl (C=O) groups is 2. The minimum absolute atomic E-state index is 0.0212. The van der Waals surface area contributed by atoms with Gasteiger partial charge in [0, 0.05) is 12.2 Å². The van der Waals surface area contributed by atoms with E-state index in [-0.39, 0.29) is 25.2 Å². The molecule has 22 heavy (non-hydrogen) atoms. The van der Waals surface area contributed by atoms with Crippen molar-refractivity contribution >= 4 is 11.9 Å². The van der Waals surface area contributed by atoms with Gasteiger partial charge in [-0.2, -0.15) is 0 Å². The molecule has 0 bridgehead atoms. The maximum absolute atomic E-state index is 11.1. The van der Waals surface area contributed by atoms with Gasteiger partial charge in [-0.05, 0) is 11.8 Å². The van der Waals surface area contributed by atoms with E-state index in [2.05, 4.69) is 18.6 Å². The van der Waals surface area contributed by atoms with E-state index in [0.717, 1.165) is 12.5 Å². The lowest BCUT2D eigenvalue weighted by Gasteiger charge is -2.25. The van der Waals surface area contributed by atoms with Gasteiger partial charge in [0.05, 0.1) is 19.3 Å². The molecule has 0 aliphatic heterocycles. The van der Waals surface area contributed by atoms with Gasteiger partial charge in [0.15, 0.2) is 0 Å². The molecule has 0 spiro atoms. The average molecular weight is 318 g/mol. The van der Waals surface area contributed by atoms with Crippen molar-refractivity contribution in [3.8, 4) is 0 Å². The Labute approximate surface area is 130 Å². The third kappa shape index (κ3) is 11.2. The van der Waals surface area contributed by atoms with Gasteiger partial charge >= 0.3 is 11.9 Å². The summed E-state index contributed by atoms with van der Waals surface area (Å²) in [6.07, 6.45) is 1.28. The number of carbonyl (C=O) groups excluding carboxylic acids is 1. The number of hydrogen-bond donors (Lipinski definition) is 3. The van der Waals surface area contributed by atoms with E-state index >= 15 is 0 Å². The first-order chi connectivity index (χ1) is 10.2. The largest absolute Gasteiger partial charge is 0.478 e. The van der Waals surface area contributed by atoms with Crippen molar-refractivity contribution in [3.05, 3.63) is 12.2 Å². The average Bonchev–Trinajstić information content (AvgIpc) is 2.42. The van der Waals surface area contributed by atoms with E-state index in [0.29, 0.717) is 12.5 Å². The highest BCUT2D eigenvalue weighted by atomic mass is 16.5. The minimum atomic E-state index is -1.26. The van der Waals surface area contributed by atoms with Crippen molar-refractivity contribution in [3.63, 3.8) is 0 Å². The number of aliphatic hydroxyl groups is 2. The first kappa shape index (κ1) is 20.6. The van der Waals surface area contributed by atoms with Crippen LogP contribution in [0.15, 0.2) is 12.2 Å². The molecule has 0 saturated heterocycles. The fourth-order valence-corrected chi connectivity index (χ4v) is 1.60. The number of aliphatic carboxylic acids is 1. The number of ether oxygens (including phenoxy) is 2. The Morgan fingerprint density at radius 1 is 1.09 bits per heavy atom. The maximum Gasteiger partial charge on any atom is 0.331 e. The van der Waals surface area contributed by atoms with Gasteiger partial charge in [-0.15, -0.1) is 0 Å². The molecule has 0 aliphatic carbocycles. The van der Waals surface area contributed by atoms with Gasteiger partial charge < -0.3 is 24.8 Å². The number of rotatable bonds is 11. The van der Waals surface area contributed by atoms with Crippen LogP contribution in [0.1, 0.15) is 33.6 Å².